The van der Waals surface area contributed by atoms with Gasteiger partial charge in [0, 0.05) is 18.7 Å². The second-order valence-electron chi connectivity index (χ2n) is 3.22. The number of rotatable bonds is 2. The van der Waals surface area contributed by atoms with Crippen LogP contribution in [0.15, 0.2) is 30.3 Å². The quantitative estimate of drug-likeness (QED) is 0.717. The van der Waals surface area contributed by atoms with Crippen molar-refractivity contribution in [2.45, 2.75) is 6.42 Å². The van der Waals surface area contributed by atoms with E-state index in [0.717, 1.165) is 19.5 Å². The summed E-state index contributed by atoms with van der Waals surface area (Å²) >= 11 is 0. The van der Waals surface area contributed by atoms with Gasteiger partial charge in [-0.1, -0.05) is 18.2 Å². The molecule has 74 valence electrons. The number of carbonyl (C=O) groups is 1. The van der Waals surface area contributed by atoms with Gasteiger partial charge in [0.05, 0.1) is 0 Å². The Labute approximate surface area is 82.8 Å². The minimum Gasteiger partial charge on any atom is -0.271 e. The summed E-state index contributed by atoms with van der Waals surface area (Å²) < 4.78 is 0. The van der Waals surface area contributed by atoms with E-state index in [0.29, 0.717) is 5.56 Å². The molecule has 14 heavy (non-hydrogen) atoms. The van der Waals surface area contributed by atoms with Crippen LogP contribution >= 0.6 is 0 Å². The summed E-state index contributed by atoms with van der Waals surface area (Å²) in [6, 6.07) is 9.19. The fourth-order valence-corrected chi connectivity index (χ4v) is 1.40. The molecule has 1 aromatic carbocycles. The zero-order valence-corrected chi connectivity index (χ0v) is 7.86. The lowest BCUT2D eigenvalue weighted by Gasteiger charge is -2.16. The third-order valence-corrected chi connectivity index (χ3v) is 2.13. The van der Waals surface area contributed by atoms with Crippen LogP contribution in [0.3, 0.4) is 0 Å². The first kappa shape index (κ1) is 9.18. The van der Waals surface area contributed by atoms with E-state index in [4.69, 9.17) is 0 Å². The Bertz CT molecular complexity index is 306. The van der Waals surface area contributed by atoms with Gasteiger partial charge in [0.2, 0.25) is 0 Å². The molecule has 1 aliphatic rings. The van der Waals surface area contributed by atoms with E-state index in [1.165, 1.54) is 0 Å². The van der Waals surface area contributed by atoms with Crippen molar-refractivity contribution in [2.75, 3.05) is 13.1 Å². The van der Waals surface area contributed by atoms with Gasteiger partial charge in [-0.2, -0.15) is 5.12 Å². The SMILES string of the molecule is O=C(NN1CCCN1)c1ccccc1. The smallest absolute Gasteiger partial charge is 0.266 e. The fourth-order valence-electron chi connectivity index (χ4n) is 1.40. The van der Waals surface area contributed by atoms with Crippen molar-refractivity contribution in [1.29, 1.82) is 0 Å². The van der Waals surface area contributed by atoms with Gasteiger partial charge in [-0.3, -0.25) is 10.2 Å². The van der Waals surface area contributed by atoms with E-state index in [1.54, 1.807) is 17.3 Å². The minimum absolute atomic E-state index is 0.0694. The Hall–Kier alpha value is -1.39. The Morgan fingerprint density at radius 3 is 2.79 bits per heavy atom. The van der Waals surface area contributed by atoms with Crippen molar-refractivity contribution < 1.29 is 4.79 Å². The molecule has 2 N–H and O–H groups in total. The third-order valence-electron chi connectivity index (χ3n) is 2.13. The van der Waals surface area contributed by atoms with Crippen LogP contribution in [0.25, 0.3) is 0 Å². The van der Waals surface area contributed by atoms with Crippen LogP contribution in [-0.4, -0.2) is 24.1 Å². The first-order valence-electron chi connectivity index (χ1n) is 4.73. The van der Waals surface area contributed by atoms with Gasteiger partial charge < -0.3 is 0 Å². The number of hydrogen-bond donors (Lipinski definition) is 2. The highest BCUT2D eigenvalue weighted by molar-refractivity contribution is 5.93. The highest BCUT2D eigenvalue weighted by Crippen LogP contribution is 1.99. The third kappa shape index (κ3) is 2.10. The molecule has 0 aromatic heterocycles. The number of amides is 1. The Morgan fingerprint density at radius 2 is 2.14 bits per heavy atom. The van der Waals surface area contributed by atoms with Gasteiger partial charge in [0.25, 0.3) is 5.91 Å². The largest absolute Gasteiger partial charge is 0.271 e. The van der Waals surface area contributed by atoms with Crippen molar-refractivity contribution in [2.24, 2.45) is 0 Å². The maximum Gasteiger partial charge on any atom is 0.266 e. The van der Waals surface area contributed by atoms with E-state index in [1.807, 2.05) is 18.2 Å². The van der Waals surface area contributed by atoms with E-state index >= 15 is 0 Å². The average molecular weight is 191 g/mol. The number of benzene rings is 1. The van der Waals surface area contributed by atoms with Crippen LogP contribution in [-0.2, 0) is 0 Å². The molecule has 1 amide bonds. The summed E-state index contributed by atoms with van der Waals surface area (Å²) in [7, 11) is 0. The average Bonchev–Trinajstić information content (AvgIpc) is 2.72. The minimum atomic E-state index is -0.0694. The maximum atomic E-state index is 11.6. The normalized spacial score (nSPS) is 16.9. The predicted molar refractivity (Wildman–Crippen MR) is 53.2 cm³/mol. The summed E-state index contributed by atoms with van der Waals surface area (Å²) in [5.74, 6) is -0.0694. The Balaban J connectivity index is 1.95. The molecule has 1 aromatic rings. The second-order valence-corrected chi connectivity index (χ2v) is 3.22. The number of nitrogens with zero attached hydrogens (tertiary/aromatic N) is 1. The molecule has 0 aliphatic carbocycles. The second kappa shape index (κ2) is 4.21. The van der Waals surface area contributed by atoms with Crippen LogP contribution in [0.5, 0.6) is 0 Å². The van der Waals surface area contributed by atoms with Crippen molar-refractivity contribution in [3.8, 4) is 0 Å². The van der Waals surface area contributed by atoms with Gasteiger partial charge in [0.1, 0.15) is 0 Å². The van der Waals surface area contributed by atoms with Gasteiger partial charge in [-0.15, -0.1) is 0 Å². The zero-order chi connectivity index (χ0) is 9.80. The van der Waals surface area contributed by atoms with Crippen LogP contribution < -0.4 is 10.9 Å². The topological polar surface area (TPSA) is 44.4 Å². The first-order valence-corrected chi connectivity index (χ1v) is 4.73. The molecule has 2 rings (SSSR count). The maximum absolute atomic E-state index is 11.6. The van der Waals surface area contributed by atoms with Gasteiger partial charge in [-0.25, -0.2) is 5.43 Å². The molecule has 0 unspecified atom stereocenters. The number of hydrogen-bond acceptors (Lipinski definition) is 3. The monoisotopic (exact) mass is 191 g/mol. The molecule has 0 atom stereocenters. The van der Waals surface area contributed by atoms with Crippen LogP contribution in [0.2, 0.25) is 0 Å². The van der Waals surface area contributed by atoms with Gasteiger partial charge in [0.15, 0.2) is 0 Å². The van der Waals surface area contributed by atoms with Crippen molar-refractivity contribution in [3.63, 3.8) is 0 Å². The van der Waals surface area contributed by atoms with E-state index in [2.05, 4.69) is 10.9 Å². The molecule has 0 saturated carbocycles. The Morgan fingerprint density at radius 1 is 1.36 bits per heavy atom. The van der Waals surface area contributed by atoms with Crippen molar-refractivity contribution in [3.05, 3.63) is 35.9 Å². The highest BCUT2D eigenvalue weighted by atomic mass is 16.2. The summed E-state index contributed by atoms with van der Waals surface area (Å²) in [5.41, 5.74) is 6.52. The summed E-state index contributed by atoms with van der Waals surface area (Å²) in [6.07, 6.45) is 1.06. The lowest BCUT2D eigenvalue weighted by atomic mass is 10.2. The lowest BCUT2D eigenvalue weighted by Crippen LogP contribution is -2.46. The standard InChI is InChI=1S/C10H13N3O/c14-10(9-5-2-1-3-6-9)12-13-8-4-7-11-13/h1-3,5-6,11H,4,7-8H2,(H,12,14). The fraction of sp³-hybridized carbons (Fsp3) is 0.300. The van der Waals surface area contributed by atoms with Crippen molar-refractivity contribution >= 4 is 5.91 Å². The van der Waals surface area contributed by atoms with Crippen molar-refractivity contribution in [1.82, 2.24) is 16.0 Å². The number of hydrazine groups is 2. The van der Waals surface area contributed by atoms with E-state index in [-0.39, 0.29) is 5.91 Å². The molecule has 0 spiro atoms. The molecule has 0 bridgehead atoms. The van der Waals surface area contributed by atoms with Gasteiger partial charge >= 0.3 is 0 Å². The molecule has 1 heterocycles. The first-order chi connectivity index (χ1) is 6.86. The van der Waals surface area contributed by atoms with Crippen LogP contribution in [0, 0.1) is 0 Å². The van der Waals surface area contributed by atoms with Crippen LogP contribution in [0.4, 0.5) is 0 Å². The molecular formula is C10H13N3O. The molecule has 4 nitrogen and oxygen atoms in total. The molecule has 1 fully saturated rings. The highest BCUT2D eigenvalue weighted by Gasteiger charge is 2.13. The summed E-state index contributed by atoms with van der Waals surface area (Å²) in [4.78, 5) is 11.6. The van der Waals surface area contributed by atoms with Crippen LogP contribution in [0.1, 0.15) is 16.8 Å². The number of nitrogens with one attached hydrogen (secondary N) is 2. The molecule has 1 saturated heterocycles. The molecular weight excluding hydrogens is 178 g/mol. The van der Waals surface area contributed by atoms with E-state index < -0.39 is 0 Å². The molecule has 4 heteroatoms. The van der Waals surface area contributed by atoms with E-state index in [9.17, 15) is 4.79 Å². The number of carbonyl (C=O) groups excluding carboxylic acids is 1. The molecule has 1 aliphatic heterocycles. The lowest BCUT2D eigenvalue weighted by molar-refractivity contribution is 0.0754. The summed E-state index contributed by atoms with van der Waals surface area (Å²) in [6.45, 7) is 1.79. The Kier molecular flexibility index (Phi) is 2.76. The zero-order valence-electron chi connectivity index (χ0n) is 7.86. The van der Waals surface area contributed by atoms with Gasteiger partial charge in [-0.05, 0) is 18.6 Å². The predicted octanol–water partition coefficient (Wildman–Crippen LogP) is 0.542. The summed E-state index contributed by atoms with van der Waals surface area (Å²) in [5, 5.41) is 1.73. The molecule has 0 radical (unpaired) electrons.